The van der Waals surface area contributed by atoms with Crippen molar-refractivity contribution in [1.82, 2.24) is 9.78 Å². The average molecular weight is 776 g/mol. The molecule has 5 atom stereocenters. The summed E-state index contributed by atoms with van der Waals surface area (Å²) in [6.07, 6.45) is -6.66. The molecule has 1 aliphatic rings. The van der Waals surface area contributed by atoms with Gasteiger partial charge in [0, 0.05) is 59.2 Å². The van der Waals surface area contributed by atoms with Gasteiger partial charge in [0.25, 0.3) is 0 Å². The van der Waals surface area contributed by atoms with Crippen molar-refractivity contribution in [2.24, 2.45) is 10.2 Å². The number of anilines is 3. The predicted molar refractivity (Wildman–Crippen MR) is 198 cm³/mol. The number of hydrogen-bond donors (Lipinski definition) is 2. The van der Waals surface area contributed by atoms with Gasteiger partial charge in [-0.05, 0) is 19.9 Å². The van der Waals surface area contributed by atoms with Crippen LogP contribution >= 0.6 is 0 Å². The first-order valence-corrected chi connectivity index (χ1v) is 17.8. The van der Waals surface area contributed by atoms with Crippen molar-refractivity contribution in [2.45, 2.75) is 112 Å². The Morgan fingerprint density at radius 1 is 0.909 bits per heavy atom. The topological polar surface area (TPSA) is 234 Å². The maximum absolute atomic E-state index is 12.2. The maximum atomic E-state index is 12.2. The molecule has 2 aromatic rings. The fourth-order valence-electron chi connectivity index (χ4n) is 6.07. The summed E-state index contributed by atoms with van der Waals surface area (Å²) in [4.78, 5) is 62.4. The zero-order chi connectivity index (χ0) is 41.2. The molecule has 0 bridgehead atoms. The normalized spacial score (nSPS) is 19.7. The lowest BCUT2D eigenvalue weighted by atomic mass is 9.91. The van der Waals surface area contributed by atoms with Crippen LogP contribution in [0.4, 0.5) is 28.6 Å². The number of carbonyl (C=O) groups excluding carboxylic acids is 5. The summed E-state index contributed by atoms with van der Waals surface area (Å²) in [5, 5.41) is 16.2. The number of amides is 1. The third-order valence-corrected chi connectivity index (χ3v) is 8.18. The Kier molecular flexibility index (Phi) is 15.5. The third kappa shape index (κ3) is 11.8. The molecule has 55 heavy (non-hydrogen) atoms. The van der Waals surface area contributed by atoms with E-state index in [9.17, 15) is 24.0 Å². The Hall–Kier alpha value is -5.30. The number of esters is 4. The van der Waals surface area contributed by atoms with Crippen LogP contribution in [-0.2, 0) is 64.4 Å². The van der Waals surface area contributed by atoms with Gasteiger partial charge >= 0.3 is 23.9 Å². The third-order valence-electron chi connectivity index (χ3n) is 8.18. The lowest BCUT2D eigenvalue weighted by Gasteiger charge is -2.44. The van der Waals surface area contributed by atoms with Gasteiger partial charge in [0.2, 0.25) is 11.7 Å². The lowest BCUT2D eigenvalue weighted by molar-refractivity contribution is -0.308. The van der Waals surface area contributed by atoms with Gasteiger partial charge in [-0.15, -0.1) is 15.3 Å². The molecule has 3 rings (SSSR count). The van der Waals surface area contributed by atoms with Crippen LogP contribution in [0.25, 0.3) is 0 Å². The van der Waals surface area contributed by atoms with E-state index in [1.807, 2.05) is 34.6 Å². The fraction of sp³-hybridized carbons (Fsp3) is 0.611. The second-order valence-corrected chi connectivity index (χ2v) is 13.6. The van der Waals surface area contributed by atoms with Crippen molar-refractivity contribution >= 4 is 58.4 Å². The lowest BCUT2D eigenvalue weighted by Crippen LogP contribution is -2.63. The van der Waals surface area contributed by atoms with E-state index in [1.54, 1.807) is 23.9 Å². The monoisotopic (exact) mass is 775 g/mol. The van der Waals surface area contributed by atoms with Gasteiger partial charge in [0.05, 0.1) is 37.3 Å². The fourth-order valence-corrected chi connectivity index (χ4v) is 6.07. The van der Waals surface area contributed by atoms with Crippen LogP contribution in [0, 0.1) is 0 Å². The largest absolute Gasteiger partial charge is 0.494 e. The van der Waals surface area contributed by atoms with E-state index >= 15 is 0 Å². The molecule has 304 valence electrons. The standard InChI is InChI=1S/C36H53N7O12/c1-12-42(13-2)26-16-24(38-19(3)44)25(17-27(26)49-11)39-40-34-29(37)33(36(8,9)10)43(41-34)14-15-50-35-32(54-23(7)48)31(53-22(6)47)30(52-21(5)46)28(55-35)18-51-20(4)45/h16-17,28,30-32,35H,12-15,18,37H2,1-11H3,(H,38,44)/b40-39+/t28-,30?,31+,32?,35?/m1/s1. The molecule has 3 unspecified atom stereocenters. The number of nitrogens with zero attached hydrogens (tertiary/aromatic N) is 5. The van der Waals surface area contributed by atoms with Crippen LogP contribution < -0.4 is 20.7 Å². The first-order valence-electron chi connectivity index (χ1n) is 17.8. The summed E-state index contributed by atoms with van der Waals surface area (Å²) in [6, 6.07) is 3.44. The molecule has 1 saturated heterocycles. The number of nitrogen functional groups attached to an aromatic ring is 1. The number of hydrogen-bond acceptors (Lipinski definition) is 17. The van der Waals surface area contributed by atoms with Crippen molar-refractivity contribution in [3.63, 3.8) is 0 Å². The van der Waals surface area contributed by atoms with E-state index in [-0.39, 0.29) is 30.6 Å². The number of azo groups is 1. The van der Waals surface area contributed by atoms with Crippen molar-refractivity contribution in [2.75, 3.05) is 49.4 Å². The van der Waals surface area contributed by atoms with Crippen LogP contribution in [0.1, 0.15) is 74.9 Å². The number of methoxy groups -OCH3 is 1. The van der Waals surface area contributed by atoms with E-state index in [0.29, 0.717) is 35.9 Å². The van der Waals surface area contributed by atoms with Gasteiger partial charge in [-0.3, -0.25) is 28.7 Å². The van der Waals surface area contributed by atoms with E-state index in [1.165, 1.54) is 13.8 Å². The van der Waals surface area contributed by atoms with Crippen molar-refractivity contribution < 1.29 is 57.1 Å². The highest BCUT2D eigenvalue weighted by Crippen LogP contribution is 2.41. The summed E-state index contributed by atoms with van der Waals surface area (Å²) < 4.78 is 40.9. The molecule has 19 heteroatoms. The van der Waals surface area contributed by atoms with Crippen molar-refractivity contribution in [3.05, 3.63) is 17.8 Å². The molecule has 1 amide bonds. The molecule has 1 aromatic heterocycles. The van der Waals surface area contributed by atoms with Gasteiger partial charge in [-0.2, -0.15) is 0 Å². The van der Waals surface area contributed by atoms with Gasteiger partial charge in [-0.1, -0.05) is 20.8 Å². The SMILES string of the molecule is CCN(CC)c1cc(NC(C)=O)c(/N=N/c2nn(CCOC3O[C@H](COC(C)=O)C(OC(C)=O)[C@H](OC(C)=O)C3OC(C)=O)c(C(C)(C)C)c2N)cc1OC. The molecule has 0 radical (unpaired) electrons. The molecule has 0 spiro atoms. The molecule has 19 nitrogen and oxygen atoms in total. The Balaban J connectivity index is 1.99. The van der Waals surface area contributed by atoms with Gasteiger partial charge in [0.1, 0.15) is 29.8 Å². The average Bonchev–Trinajstić information content (AvgIpc) is 3.40. The van der Waals surface area contributed by atoms with E-state index in [2.05, 4.69) is 25.5 Å². The van der Waals surface area contributed by atoms with E-state index < -0.39 is 66.6 Å². The molecular formula is C36H53N7O12. The van der Waals surface area contributed by atoms with Crippen LogP contribution in [0.15, 0.2) is 22.4 Å². The van der Waals surface area contributed by atoms with E-state index in [0.717, 1.165) is 26.5 Å². The molecule has 2 heterocycles. The number of nitrogens with two attached hydrogens (primary N) is 1. The number of rotatable bonds is 16. The van der Waals surface area contributed by atoms with Gasteiger partial charge < -0.3 is 49.1 Å². The molecule has 3 N–H and O–H groups in total. The van der Waals surface area contributed by atoms with Gasteiger partial charge in [-0.25, -0.2) is 0 Å². The van der Waals surface area contributed by atoms with Crippen LogP contribution in [0.5, 0.6) is 5.75 Å². The summed E-state index contributed by atoms with van der Waals surface area (Å²) >= 11 is 0. The summed E-state index contributed by atoms with van der Waals surface area (Å²) in [7, 11) is 1.54. The molecular weight excluding hydrogens is 722 g/mol. The predicted octanol–water partition coefficient (Wildman–Crippen LogP) is 4.09. The first kappa shape index (κ1) is 44.1. The van der Waals surface area contributed by atoms with Crippen LogP contribution in [0.3, 0.4) is 0 Å². The minimum Gasteiger partial charge on any atom is -0.494 e. The van der Waals surface area contributed by atoms with Crippen LogP contribution in [-0.4, -0.2) is 104 Å². The Morgan fingerprint density at radius 2 is 1.51 bits per heavy atom. The summed E-state index contributed by atoms with van der Waals surface area (Å²) in [6.45, 7) is 16.8. The minimum atomic E-state index is -1.39. The molecule has 0 saturated carbocycles. The Bertz CT molecular complexity index is 1730. The van der Waals surface area contributed by atoms with E-state index in [4.69, 9.17) is 38.9 Å². The maximum Gasteiger partial charge on any atom is 0.303 e. The second kappa shape index (κ2) is 19.3. The first-order chi connectivity index (χ1) is 25.8. The van der Waals surface area contributed by atoms with Crippen molar-refractivity contribution in [3.8, 4) is 5.75 Å². The molecule has 1 fully saturated rings. The number of ether oxygens (including phenoxy) is 7. The van der Waals surface area contributed by atoms with Crippen molar-refractivity contribution in [1.29, 1.82) is 0 Å². The van der Waals surface area contributed by atoms with Gasteiger partial charge in [0.15, 0.2) is 24.6 Å². The smallest absolute Gasteiger partial charge is 0.303 e. The number of carbonyl (C=O) groups is 5. The zero-order valence-corrected chi connectivity index (χ0v) is 33.3. The highest BCUT2D eigenvalue weighted by molar-refractivity contribution is 5.94. The number of benzene rings is 1. The minimum absolute atomic E-state index is 0.0721. The number of aromatic nitrogens is 2. The highest BCUT2D eigenvalue weighted by Gasteiger charge is 2.52. The second-order valence-electron chi connectivity index (χ2n) is 13.6. The molecule has 1 aliphatic heterocycles. The number of nitrogens with one attached hydrogen (secondary N) is 1. The van der Waals surface area contributed by atoms with Crippen LogP contribution in [0.2, 0.25) is 0 Å². The Labute approximate surface area is 320 Å². The zero-order valence-electron chi connectivity index (χ0n) is 33.3. The molecule has 1 aromatic carbocycles. The quantitative estimate of drug-likeness (QED) is 0.139. The Morgan fingerprint density at radius 3 is 2.04 bits per heavy atom. The highest BCUT2D eigenvalue weighted by atomic mass is 16.7. The summed E-state index contributed by atoms with van der Waals surface area (Å²) in [5.74, 6) is -2.60. The summed E-state index contributed by atoms with van der Waals surface area (Å²) in [5.41, 5.74) is 8.41. The molecule has 0 aliphatic carbocycles.